The number of halogens is 1. The van der Waals surface area contributed by atoms with E-state index in [0.717, 1.165) is 63.5 Å². The molecule has 8 nitrogen and oxygen atoms in total. The molecule has 0 radical (unpaired) electrons. The molecule has 1 aromatic heterocycles. The second kappa shape index (κ2) is 9.67. The fourth-order valence-corrected chi connectivity index (χ4v) is 3.33. The van der Waals surface area contributed by atoms with Crippen molar-refractivity contribution < 1.29 is 4.74 Å². The number of hydrogen-bond acceptors (Lipinski definition) is 5. The van der Waals surface area contributed by atoms with Crippen molar-refractivity contribution in [1.29, 1.82) is 0 Å². The van der Waals surface area contributed by atoms with E-state index >= 15 is 0 Å². The number of aromatic nitrogens is 3. The molecule has 0 aromatic carbocycles. The highest BCUT2D eigenvalue weighted by molar-refractivity contribution is 14.0. The van der Waals surface area contributed by atoms with Crippen molar-refractivity contribution in [1.82, 2.24) is 29.9 Å². The molecule has 2 aliphatic heterocycles. The minimum absolute atomic E-state index is 0. The largest absolute Gasteiger partial charge is 0.381 e. The van der Waals surface area contributed by atoms with Gasteiger partial charge in [-0.15, -0.1) is 34.2 Å². The molecule has 1 atom stereocenters. The third-order valence-corrected chi connectivity index (χ3v) is 5.01. The predicted octanol–water partition coefficient (Wildman–Crippen LogP) is 0.471. The molecule has 25 heavy (non-hydrogen) atoms. The van der Waals surface area contributed by atoms with E-state index in [1.54, 1.807) is 0 Å². The number of aliphatic imine (C=N–C) groups is 1. The number of ether oxygens (including phenoxy) is 1. The molecule has 0 saturated carbocycles. The van der Waals surface area contributed by atoms with Gasteiger partial charge in [-0.1, -0.05) is 0 Å². The summed E-state index contributed by atoms with van der Waals surface area (Å²) < 4.78 is 7.48. The van der Waals surface area contributed by atoms with Crippen LogP contribution in [0.1, 0.15) is 18.1 Å². The van der Waals surface area contributed by atoms with E-state index in [1.165, 1.54) is 6.42 Å². The van der Waals surface area contributed by atoms with Gasteiger partial charge in [0.2, 0.25) is 0 Å². The van der Waals surface area contributed by atoms with Gasteiger partial charge in [-0.2, -0.15) is 0 Å². The van der Waals surface area contributed by atoms with E-state index in [4.69, 9.17) is 4.74 Å². The van der Waals surface area contributed by atoms with Gasteiger partial charge in [-0.3, -0.25) is 9.89 Å². The number of rotatable bonds is 4. The first-order valence-corrected chi connectivity index (χ1v) is 8.78. The van der Waals surface area contributed by atoms with Crippen LogP contribution in [-0.2, 0) is 18.3 Å². The summed E-state index contributed by atoms with van der Waals surface area (Å²) in [5.41, 5.74) is 0. The Kier molecular flexibility index (Phi) is 7.88. The molecule has 142 valence electrons. The molecule has 0 aliphatic carbocycles. The van der Waals surface area contributed by atoms with Crippen LogP contribution >= 0.6 is 24.0 Å². The maximum atomic E-state index is 5.48. The summed E-state index contributed by atoms with van der Waals surface area (Å²) in [6.07, 6.45) is 1.21. The summed E-state index contributed by atoms with van der Waals surface area (Å²) in [7, 11) is 3.83. The number of hydrogen-bond donors (Lipinski definition) is 1. The van der Waals surface area contributed by atoms with Gasteiger partial charge in [-0.25, -0.2) is 0 Å². The zero-order chi connectivity index (χ0) is 16.9. The SMILES string of the molecule is CN=C(NCc1nnc(C)n1C)N1CCN(CC2CCOC2)CC1.I. The first-order chi connectivity index (χ1) is 11.7. The lowest BCUT2D eigenvalue weighted by Gasteiger charge is -2.37. The molecular formula is C16H30IN7O. The average molecular weight is 463 g/mol. The van der Waals surface area contributed by atoms with Gasteiger partial charge in [0.05, 0.1) is 13.2 Å². The first kappa shape index (κ1) is 20.4. The summed E-state index contributed by atoms with van der Waals surface area (Å²) in [5.74, 6) is 3.51. The molecule has 0 spiro atoms. The monoisotopic (exact) mass is 463 g/mol. The number of piperazine rings is 1. The smallest absolute Gasteiger partial charge is 0.194 e. The van der Waals surface area contributed by atoms with Crippen LogP contribution in [0.3, 0.4) is 0 Å². The number of nitrogens with one attached hydrogen (secondary N) is 1. The van der Waals surface area contributed by atoms with Crippen molar-refractivity contribution >= 4 is 29.9 Å². The van der Waals surface area contributed by atoms with Crippen LogP contribution in [0.25, 0.3) is 0 Å². The van der Waals surface area contributed by atoms with Gasteiger partial charge in [-0.05, 0) is 19.3 Å². The summed E-state index contributed by atoms with van der Waals surface area (Å²) in [6.45, 7) is 9.81. The fraction of sp³-hybridized carbons (Fsp3) is 0.812. The van der Waals surface area contributed by atoms with Crippen molar-refractivity contribution in [3.8, 4) is 0 Å². The zero-order valence-electron chi connectivity index (χ0n) is 15.4. The Morgan fingerprint density at radius 1 is 1.28 bits per heavy atom. The second-order valence-corrected chi connectivity index (χ2v) is 6.64. The Hall–Kier alpha value is -0.940. The van der Waals surface area contributed by atoms with Crippen molar-refractivity contribution in [3.63, 3.8) is 0 Å². The first-order valence-electron chi connectivity index (χ1n) is 8.78. The van der Waals surface area contributed by atoms with Gasteiger partial charge >= 0.3 is 0 Å². The Balaban J connectivity index is 0.00000225. The molecule has 1 aromatic rings. The van der Waals surface area contributed by atoms with Gasteiger partial charge < -0.3 is 19.5 Å². The van der Waals surface area contributed by atoms with Gasteiger partial charge in [0, 0.05) is 53.4 Å². The lowest BCUT2D eigenvalue weighted by atomic mass is 10.1. The second-order valence-electron chi connectivity index (χ2n) is 6.64. The highest BCUT2D eigenvalue weighted by Gasteiger charge is 2.24. The molecule has 0 amide bonds. The predicted molar refractivity (Wildman–Crippen MR) is 108 cm³/mol. The number of aryl methyl sites for hydroxylation is 1. The van der Waals surface area contributed by atoms with Crippen LogP contribution in [0.2, 0.25) is 0 Å². The van der Waals surface area contributed by atoms with Crippen LogP contribution in [0.4, 0.5) is 0 Å². The third kappa shape index (κ3) is 5.27. The molecule has 0 bridgehead atoms. The lowest BCUT2D eigenvalue weighted by Crippen LogP contribution is -2.53. The lowest BCUT2D eigenvalue weighted by molar-refractivity contribution is 0.139. The van der Waals surface area contributed by atoms with Crippen LogP contribution in [0.5, 0.6) is 0 Å². The van der Waals surface area contributed by atoms with Crippen molar-refractivity contribution in [3.05, 3.63) is 11.6 Å². The Morgan fingerprint density at radius 3 is 2.60 bits per heavy atom. The van der Waals surface area contributed by atoms with E-state index in [9.17, 15) is 0 Å². The number of guanidine groups is 1. The summed E-state index contributed by atoms with van der Waals surface area (Å²) in [6, 6.07) is 0. The summed E-state index contributed by atoms with van der Waals surface area (Å²) in [5, 5.41) is 11.7. The minimum Gasteiger partial charge on any atom is -0.381 e. The molecule has 1 unspecified atom stereocenters. The maximum absolute atomic E-state index is 5.48. The van der Waals surface area contributed by atoms with E-state index in [1.807, 2.05) is 25.6 Å². The van der Waals surface area contributed by atoms with E-state index in [-0.39, 0.29) is 24.0 Å². The highest BCUT2D eigenvalue weighted by Crippen LogP contribution is 2.15. The Labute approximate surface area is 167 Å². The fourth-order valence-electron chi connectivity index (χ4n) is 3.33. The van der Waals surface area contributed by atoms with Crippen molar-refractivity contribution in [2.75, 3.05) is 53.0 Å². The number of nitrogens with zero attached hydrogens (tertiary/aromatic N) is 6. The normalized spacial score (nSPS) is 22.1. The molecule has 1 N–H and O–H groups in total. The topological polar surface area (TPSA) is 70.8 Å². The molecule has 2 saturated heterocycles. The third-order valence-electron chi connectivity index (χ3n) is 5.01. The van der Waals surface area contributed by atoms with E-state index < -0.39 is 0 Å². The summed E-state index contributed by atoms with van der Waals surface area (Å²) >= 11 is 0. The maximum Gasteiger partial charge on any atom is 0.194 e. The van der Waals surface area contributed by atoms with E-state index in [2.05, 4.69) is 30.3 Å². The Morgan fingerprint density at radius 2 is 2.04 bits per heavy atom. The Bertz CT molecular complexity index is 563. The molecular weight excluding hydrogens is 433 g/mol. The molecule has 2 fully saturated rings. The standard InChI is InChI=1S/C16H29N7O.HI/c1-13-19-20-15(21(13)3)10-18-16(17-2)23-7-5-22(6-8-23)11-14-4-9-24-12-14;/h14H,4-12H2,1-3H3,(H,17,18);1H. The van der Waals surface area contributed by atoms with Crippen molar-refractivity contribution in [2.45, 2.75) is 19.9 Å². The molecule has 3 heterocycles. The van der Waals surface area contributed by atoms with Crippen LogP contribution in [0.15, 0.2) is 4.99 Å². The molecule has 9 heteroatoms. The van der Waals surface area contributed by atoms with Gasteiger partial charge in [0.15, 0.2) is 11.8 Å². The molecule has 2 aliphatic rings. The van der Waals surface area contributed by atoms with Gasteiger partial charge in [0.1, 0.15) is 5.82 Å². The summed E-state index contributed by atoms with van der Waals surface area (Å²) in [4.78, 5) is 9.30. The molecule has 3 rings (SSSR count). The minimum atomic E-state index is 0. The van der Waals surface area contributed by atoms with Crippen molar-refractivity contribution in [2.24, 2.45) is 18.0 Å². The van der Waals surface area contributed by atoms with Gasteiger partial charge in [0.25, 0.3) is 0 Å². The van der Waals surface area contributed by atoms with Crippen LogP contribution in [-0.4, -0.2) is 83.5 Å². The zero-order valence-corrected chi connectivity index (χ0v) is 17.8. The van der Waals surface area contributed by atoms with E-state index in [0.29, 0.717) is 12.5 Å². The quantitative estimate of drug-likeness (QED) is 0.398. The highest BCUT2D eigenvalue weighted by atomic mass is 127. The van der Waals surface area contributed by atoms with Crippen LogP contribution in [0, 0.1) is 12.8 Å². The average Bonchev–Trinajstić information content (AvgIpc) is 3.21. The van der Waals surface area contributed by atoms with Crippen LogP contribution < -0.4 is 5.32 Å².